The Morgan fingerprint density at radius 1 is 1.17 bits per heavy atom. The fourth-order valence-corrected chi connectivity index (χ4v) is 2.42. The molecule has 0 radical (unpaired) electrons. The summed E-state index contributed by atoms with van der Waals surface area (Å²) in [5.41, 5.74) is 6.06. The van der Waals surface area contributed by atoms with Gasteiger partial charge < -0.3 is 10.6 Å². The number of carbonyl (C=O) groups is 1. The summed E-state index contributed by atoms with van der Waals surface area (Å²) in [7, 11) is 0. The molecule has 106 valence electrons. The fraction of sp³-hybridized carbons (Fsp3) is 0.933. The van der Waals surface area contributed by atoms with Crippen molar-refractivity contribution in [1.29, 1.82) is 0 Å². The average Bonchev–Trinajstić information content (AvgIpc) is 2.28. The van der Waals surface area contributed by atoms with Crippen molar-refractivity contribution in [2.45, 2.75) is 71.3 Å². The van der Waals surface area contributed by atoms with Crippen LogP contribution in [0.5, 0.6) is 0 Å². The molecular weight excluding hydrogens is 224 g/mol. The maximum atomic E-state index is 11.9. The third kappa shape index (κ3) is 4.27. The Morgan fingerprint density at radius 3 is 2.28 bits per heavy atom. The first-order valence-corrected chi connectivity index (χ1v) is 7.56. The van der Waals surface area contributed by atoms with Crippen molar-refractivity contribution in [3.05, 3.63) is 0 Å². The zero-order valence-electron chi connectivity index (χ0n) is 12.4. The Kier molecular flexibility index (Phi) is 6.13. The van der Waals surface area contributed by atoms with Gasteiger partial charge in [-0.25, -0.2) is 0 Å². The van der Waals surface area contributed by atoms with Crippen LogP contribution in [0.2, 0.25) is 0 Å². The number of amides is 1. The molecular formula is C15H30N2O. The van der Waals surface area contributed by atoms with Gasteiger partial charge in [0.1, 0.15) is 0 Å². The lowest BCUT2D eigenvalue weighted by Crippen LogP contribution is -2.71. The van der Waals surface area contributed by atoms with E-state index >= 15 is 0 Å². The van der Waals surface area contributed by atoms with Crippen LogP contribution in [0.4, 0.5) is 0 Å². The average molecular weight is 254 g/mol. The van der Waals surface area contributed by atoms with Crippen molar-refractivity contribution < 1.29 is 4.79 Å². The van der Waals surface area contributed by atoms with Crippen molar-refractivity contribution in [2.24, 2.45) is 11.7 Å². The molecule has 1 aliphatic rings. The van der Waals surface area contributed by atoms with Gasteiger partial charge >= 0.3 is 0 Å². The molecule has 1 saturated heterocycles. The third-order valence-corrected chi connectivity index (χ3v) is 4.22. The number of hydrogen-bond donors (Lipinski definition) is 1. The van der Waals surface area contributed by atoms with Gasteiger partial charge in [-0.05, 0) is 12.3 Å². The van der Waals surface area contributed by atoms with Gasteiger partial charge in [0, 0.05) is 19.5 Å². The van der Waals surface area contributed by atoms with Crippen molar-refractivity contribution >= 4 is 5.91 Å². The lowest BCUT2D eigenvalue weighted by molar-refractivity contribution is -0.140. The van der Waals surface area contributed by atoms with E-state index in [1.54, 1.807) is 0 Å². The minimum atomic E-state index is -0.128. The van der Waals surface area contributed by atoms with Gasteiger partial charge in [0.25, 0.3) is 0 Å². The van der Waals surface area contributed by atoms with Gasteiger partial charge in [0.15, 0.2) is 0 Å². The lowest BCUT2D eigenvalue weighted by Gasteiger charge is -2.50. The molecule has 0 aromatic rings. The lowest BCUT2D eigenvalue weighted by atomic mass is 9.80. The standard InChI is InChI=1S/C15H30N2O/c1-4-5-6-7-8-9-10-14(18)17-11-15(16,12-17)13(2)3/h13H,4-12,16H2,1-3H3. The van der Waals surface area contributed by atoms with E-state index in [4.69, 9.17) is 5.73 Å². The van der Waals surface area contributed by atoms with Crippen LogP contribution in [-0.2, 0) is 4.79 Å². The molecule has 0 saturated carbocycles. The number of carbonyl (C=O) groups excluding carboxylic acids is 1. The first-order valence-electron chi connectivity index (χ1n) is 7.56. The highest BCUT2D eigenvalue weighted by atomic mass is 16.2. The van der Waals surface area contributed by atoms with Crippen LogP contribution in [0.15, 0.2) is 0 Å². The van der Waals surface area contributed by atoms with E-state index < -0.39 is 0 Å². The zero-order valence-corrected chi connectivity index (χ0v) is 12.4. The predicted octanol–water partition coefficient (Wildman–Crippen LogP) is 2.93. The number of nitrogens with two attached hydrogens (primary N) is 1. The maximum absolute atomic E-state index is 11.9. The monoisotopic (exact) mass is 254 g/mol. The van der Waals surface area contributed by atoms with Crippen LogP contribution < -0.4 is 5.73 Å². The zero-order chi connectivity index (χ0) is 13.6. The summed E-state index contributed by atoms with van der Waals surface area (Å²) in [5.74, 6) is 0.753. The van der Waals surface area contributed by atoms with Gasteiger partial charge in [-0.2, -0.15) is 0 Å². The SMILES string of the molecule is CCCCCCCCC(=O)N1CC(N)(C(C)C)C1. The smallest absolute Gasteiger partial charge is 0.222 e. The second-order valence-electron chi connectivity index (χ2n) is 6.16. The van der Waals surface area contributed by atoms with E-state index in [1.165, 1.54) is 32.1 Å². The molecule has 1 fully saturated rings. The molecule has 0 spiro atoms. The maximum Gasteiger partial charge on any atom is 0.222 e. The summed E-state index contributed by atoms with van der Waals surface area (Å²) >= 11 is 0. The largest absolute Gasteiger partial charge is 0.339 e. The first kappa shape index (κ1) is 15.5. The molecule has 1 amide bonds. The topological polar surface area (TPSA) is 46.3 Å². The van der Waals surface area contributed by atoms with E-state index in [0.717, 1.165) is 19.5 Å². The second-order valence-corrected chi connectivity index (χ2v) is 6.16. The minimum absolute atomic E-state index is 0.128. The molecule has 0 unspecified atom stereocenters. The van der Waals surface area contributed by atoms with E-state index in [1.807, 2.05) is 4.90 Å². The molecule has 0 bridgehead atoms. The predicted molar refractivity (Wildman–Crippen MR) is 76.3 cm³/mol. The molecule has 1 heterocycles. The Morgan fingerprint density at radius 2 is 1.72 bits per heavy atom. The molecule has 1 rings (SSSR count). The Balaban J connectivity index is 2.06. The normalized spacial score (nSPS) is 17.9. The van der Waals surface area contributed by atoms with Crippen molar-refractivity contribution in [3.8, 4) is 0 Å². The van der Waals surface area contributed by atoms with Crippen LogP contribution >= 0.6 is 0 Å². The molecule has 0 atom stereocenters. The molecule has 0 aromatic heterocycles. The molecule has 3 nitrogen and oxygen atoms in total. The molecule has 0 aliphatic carbocycles. The molecule has 0 aromatic carbocycles. The van der Waals surface area contributed by atoms with Gasteiger partial charge in [-0.3, -0.25) is 4.79 Å². The molecule has 18 heavy (non-hydrogen) atoms. The highest BCUT2D eigenvalue weighted by molar-refractivity contribution is 5.77. The highest BCUT2D eigenvalue weighted by Gasteiger charge is 2.43. The third-order valence-electron chi connectivity index (χ3n) is 4.22. The number of nitrogens with zero attached hydrogens (tertiary/aromatic N) is 1. The van der Waals surface area contributed by atoms with Crippen LogP contribution in [0.3, 0.4) is 0 Å². The highest BCUT2D eigenvalue weighted by Crippen LogP contribution is 2.26. The van der Waals surface area contributed by atoms with Crippen LogP contribution in [-0.4, -0.2) is 29.4 Å². The van der Waals surface area contributed by atoms with Gasteiger partial charge in [-0.15, -0.1) is 0 Å². The summed E-state index contributed by atoms with van der Waals surface area (Å²) in [6, 6.07) is 0. The Bertz CT molecular complexity index is 257. The van der Waals surface area contributed by atoms with Crippen molar-refractivity contribution in [3.63, 3.8) is 0 Å². The summed E-state index contributed by atoms with van der Waals surface area (Å²) < 4.78 is 0. The summed E-state index contributed by atoms with van der Waals surface area (Å²) in [4.78, 5) is 13.8. The summed E-state index contributed by atoms with van der Waals surface area (Å²) in [5, 5.41) is 0. The van der Waals surface area contributed by atoms with Gasteiger partial charge in [0.05, 0.1) is 5.54 Å². The Labute approximate surface area is 112 Å². The molecule has 2 N–H and O–H groups in total. The van der Waals surface area contributed by atoms with E-state index in [2.05, 4.69) is 20.8 Å². The minimum Gasteiger partial charge on any atom is -0.339 e. The summed E-state index contributed by atoms with van der Waals surface area (Å²) in [6.07, 6.45) is 8.13. The van der Waals surface area contributed by atoms with Crippen molar-refractivity contribution in [1.82, 2.24) is 4.90 Å². The quantitative estimate of drug-likeness (QED) is 0.677. The second kappa shape index (κ2) is 7.13. The van der Waals surface area contributed by atoms with E-state index in [9.17, 15) is 4.79 Å². The summed E-state index contributed by atoms with van der Waals surface area (Å²) in [6.45, 7) is 7.99. The number of likely N-dealkylation sites (tertiary alicyclic amines) is 1. The van der Waals surface area contributed by atoms with Crippen LogP contribution in [0.25, 0.3) is 0 Å². The van der Waals surface area contributed by atoms with E-state index in [0.29, 0.717) is 18.2 Å². The Hall–Kier alpha value is -0.570. The van der Waals surface area contributed by atoms with Crippen LogP contribution in [0, 0.1) is 5.92 Å². The number of hydrogen-bond acceptors (Lipinski definition) is 2. The fourth-order valence-electron chi connectivity index (χ4n) is 2.42. The van der Waals surface area contributed by atoms with E-state index in [-0.39, 0.29) is 5.54 Å². The number of rotatable bonds is 8. The van der Waals surface area contributed by atoms with Crippen molar-refractivity contribution in [2.75, 3.05) is 13.1 Å². The molecule has 3 heteroatoms. The number of unbranched alkanes of at least 4 members (excludes halogenated alkanes) is 5. The first-order chi connectivity index (χ1) is 8.49. The van der Waals surface area contributed by atoms with Crippen LogP contribution in [0.1, 0.15) is 65.7 Å². The molecule has 1 aliphatic heterocycles. The van der Waals surface area contributed by atoms with Gasteiger partial charge in [0.2, 0.25) is 5.91 Å². The van der Waals surface area contributed by atoms with Gasteiger partial charge in [-0.1, -0.05) is 52.9 Å².